The number of anilines is 1. The molecule has 0 bridgehead atoms. The second-order valence-corrected chi connectivity index (χ2v) is 4.43. The van der Waals surface area contributed by atoms with Gasteiger partial charge in [0, 0.05) is 25.9 Å². The van der Waals surface area contributed by atoms with Gasteiger partial charge in [0.05, 0.1) is 17.7 Å². The van der Waals surface area contributed by atoms with E-state index in [-0.39, 0.29) is 12.1 Å². The number of rotatable bonds is 7. The molecule has 4 nitrogen and oxygen atoms in total. The van der Waals surface area contributed by atoms with Crippen molar-refractivity contribution >= 4 is 11.6 Å². The van der Waals surface area contributed by atoms with Gasteiger partial charge in [-0.1, -0.05) is 6.92 Å². The molecule has 0 aliphatic rings. The van der Waals surface area contributed by atoms with Crippen molar-refractivity contribution in [1.82, 2.24) is 5.32 Å². The molecule has 0 spiro atoms. The number of methoxy groups -OCH3 is 1. The van der Waals surface area contributed by atoms with E-state index in [1.807, 2.05) is 6.92 Å². The van der Waals surface area contributed by atoms with Crippen molar-refractivity contribution in [3.05, 3.63) is 29.3 Å². The second-order valence-electron chi connectivity index (χ2n) is 4.43. The van der Waals surface area contributed by atoms with E-state index < -0.39 is 17.6 Å². The Labute approximate surface area is 121 Å². The first kappa shape index (κ1) is 17.3. The SMILES string of the molecule is CCCNc1ccc(C(F)(F)F)cc1C(=O)NCCOC. The molecule has 2 N–H and O–H groups in total. The van der Waals surface area contributed by atoms with Gasteiger partial charge >= 0.3 is 6.18 Å². The lowest BCUT2D eigenvalue weighted by molar-refractivity contribution is -0.137. The third-order valence-electron chi connectivity index (χ3n) is 2.75. The molecular formula is C14H19F3N2O2. The maximum absolute atomic E-state index is 12.7. The fraction of sp³-hybridized carbons (Fsp3) is 0.500. The monoisotopic (exact) mass is 304 g/mol. The lowest BCUT2D eigenvalue weighted by atomic mass is 10.1. The first-order valence-corrected chi connectivity index (χ1v) is 6.62. The number of alkyl halides is 3. The van der Waals surface area contributed by atoms with Crippen LogP contribution in [0.2, 0.25) is 0 Å². The molecule has 1 aromatic rings. The van der Waals surface area contributed by atoms with Crippen LogP contribution in [0.3, 0.4) is 0 Å². The van der Waals surface area contributed by atoms with Crippen LogP contribution in [0, 0.1) is 0 Å². The van der Waals surface area contributed by atoms with Gasteiger partial charge in [0.2, 0.25) is 0 Å². The summed E-state index contributed by atoms with van der Waals surface area (Å²) in [5, 5.41) is 5.48. The van der Waals surface area contributed by atoms with Crippen LogP contribution in [-0.2, 0) is 10.9 Å². The van der Waals surface area contributed by atoms with Crippen molar-refractivity contribution < 1.29 is 22.7 Å². The minimum absolute atomic E-state index is 0.0191. The Hall–Kier alpha value is -1.76. The van der Waals surface area contributed by atoms with E-state index in [9.17, 15) is 18.0 Å². The van der Waals surface area contributed by atoms with Crippen LogP contribution < -0.4 is 10.6 Å². The fourth-order valence-corrected chi connectivity index (χ4v) is 1.68. The molecule has 0 unspecified atom stereocenters. The molecule has 0 atom stereocenters. The first-order chi connectivity index (χ1) is 9.90. The van der Waals surface area contributed by atoms with Gasteiger partial charge in [0.15, 0.2) is 0 Å². The summed E-state index contributed by atoms with van der Waals surface area (Å²) in [7, 11) is 1.48. The maximum atomic E-state index is 12.7. The van der Waals surface area contributed by atoms with Crippen molar-refractivity contribution in [2.45, 2.75) is 19.5 Å². The van der Waals surface area contributed by atoms with E-state index in [1.165, 1.54) is 13.2 Å². The Balaban J connectivity index is 3.01. The average Bonchev–Trinajstić information content (AvgIpc) is 2.44. The van der Waals surface area contributed by atoms with Gasteiger partial charge < -0.3 is 15.4 Å². The molecule has 21 heavy (non-hydrogen) atoms. The largest absolute Gasteiger partial charge is 0.416 e. The highest BCUT2D eigenvalue weighted by atomic mass is 19.4. The van der Waals surface area contributed by atoms with E-state index in [0.29, 0.717) is 18.8 Å². The second kappa shape index (κ2) is 7.87. The molecule has 0 radical (unpaired) electrons. The van der Waals surface area contributed by atoms with Crippen LogP contribution in [0.4, 0.5) is 18.9 Å². The molecule has 0 fully saturated rings. The number of halogens is 3. The van der Waals surface area contributed by atoms with Crippen LogP contribution in [0.5, 0.6) is 0 Å². The van der Waals surface area contributed by atoms with Gasteiger partial charge in [-0.15, -0.1) is 0 Å². The van der Waals surface area contributed by atoms with E-state index >= 15 is 0 Å². The maximum Gasteiger partial charge on any atom is 0.416 e. The zero-order valence-corrected chi connectivity index (χ0v) is 12.0. The summed E-state index contributed by atoms with van der Waals surface area (Å²) < 4.78 is 43.0. The third kappa shape index (κ3) is 5.26. The van der Waals surface area contributed by atoms with Gasteiger partial charge in [0.25, 0.3) is 5.91 Å². The zero-order chi connectivity index (χ0) is 15.9. The highest BCUT2D eigenvalue weighted by Gasteiger charge is 2.31. The first-order valence-electron chi connectivity index (χ1n) is 6.62. The van der Waals surface area contributed by atoms with Crippen molar-refractivity contribution in [3.63, 3.8) is 0 Å². The number of nitrogens with one attached hydrogen (secondary N) is 2. The summed E-state index contributed by atoms with van der Waals surface area (Å²) >= 11 is 0. The molecule has 1 amide bonds. The molecular weight excluding hydrogens is 285 g/mol. The minimum Gasteiger partial charge on any atom is -0.384 e. The van der Waals surface area contributed by atoms with Crippen LogP contribution in [-0.4, -0.2) is 32.7 Å². The molecule has 1 aromatic carbocycles. The van der Waals surface area contributed by atoms with Gasteiger partial charge in [-0.05, 0) is 24.6 Å². The van der Waals surface area contributed by atoms with Crippen molar-refractivity contribution in [1.29, 1.82) is 0 Å². The van der Waals surface area contributed by atoms with Gasteiger partial charge in [0.1, 0.15) is 0 Å². The number of carbonyl (C=O) groups excluding carboxylic acids is 1. The summed E-state index contributed by atoms with van der Waals surface area (Å²) in [4.78, 5) is 12.0. The topological polar surface area (TPSA) is 50.4 Å². The molecule has 0 saturated carbocycles. The van der Waals surface area contributed by atoms with E-state index in [2.05, 4.69) is 10.6 Å². The summed E-state index contributed by atoms with van der Waals surface area (Å²) in [6.07, 6.45) is -3.68. The lowest BCUT2D eigenvalue weighted by Crippen LogP contribution is -2.28. The van der Waals surface area contributed by atoms with Crippen molar-refractivity contribution in [2.75, 3.05) is 32.1 Å². The number of hydrogen-bond donors (Lipinski definition) is 2. The Kier molecular flexibility index (Phi) is 6.48. The molecule has 1 rings (SSSR count). The van der Waals surface area contributed by atoms with Crippen LogP contribution in [0.1, 0.15) is 29.3 Å². The highest BCUT2D eigenvalue weighted by molar-refractivity contribution is 5.99. The number of carbonyl (C=O) groups is 1. The lowest BCUT2D eigenvalue weighted by Gasteiger charge is -2.14. The number of ether oxygens (including phenoxy) is 1. The van der Waals surface area contributed by atoms with Crippen LogP contribution >= 0.6 is 0 Å². The standard InChI is InChI=1S/C14H19F3N2O2/c1-3-6-18-12-5-4-10(14(15,16)17)9-11(12)13(20)19-7-8-21-2/h4-5,9,18H,3,6-8H2,1-2H3,(H,19,20). The minimum atomic E-state index is -4.48. The quantitative estimate of drug-likeness (QED) is 0.762. The predicted molar refractivity (Wildman–Crippen MR) is 74.4 cm³/mol. The van der Waals surface area contributed by atoms with E-state index in [4.69, 9.17) is 4.74 Å². The average molecular weight is 304 g/mol. The third-order valence-corrected chi connectivity index (χ3v) is 2.75. The van der Waals surface area contributed by atoms with E-state index in [0.717, 1.165) is 18.6 Å². The molecule has 0 aliphatic carbocycles. The summed E-state index contributed by atoms with van der Waals surface area (Å²) in [5.74, 6) is -0.559. The Bertz CT molecular complexity index is 476. The normalized spacial score (nSPS) is 11.3. The Morgan fingerprint density at radius 1 is 1.29 bits per heavy atom. The van der Waals surface area contributed by atoms with E-state index in [1.54, 1.807) is 0 Å². The Morgan fingerprint density at radius 3 is 2.57 bits per heavy atom. The summed E-state index contributed by atoms with van der Waals surface area (Å²) in [6.45, 7) is 3.03. The molecule has 0 heterocycles. The van der Waals surface area contributed by atoms with Crippen molar-refractivity contribution in [2.24, 2.45) is 0 Å². The summed E-state index contributed by atoms with van der Waals surface area (Å²) in [6, 6.07) is 3.10. The molecule has 0 saturated heterocycles. The number of amides is 1. The molecule has 118 valence electrons. The van der Waals surface area contributed by atoms with Crippen LogP contribution in [0.15, 0.2) is 18.2 Å². The number of hydrogen-bond acceptors (Lipinski definition) is 3. The fourth-order valence-electron chi connectivity index (χ4n) is 1.68. The zero-order valence-electron chi connectivity index (χ0n) is 12.0. The highest BCUT2D eigenvalue weighted by Crippen LogP contribution is 2.31. The molecule has 7 heteroatoms. The predicted octanol–water partition coefficient (Wildman–Crippen LogP) is 2.90. The Morgan fingerprint density at radius 2 is 2.00 bits per heavy atom. The summed E-state index contributed by atoms with van der Waals surface area (Å²) in [5.41, 5.74) is -0.476. The van der Waals surface area contributed by atoms with Crippen molar-refractivity contribution in [3.8, 4) is 0 Å². The molecule has 0 aliphatic heterocycles. The van der Waals surface area contributed by atoms with Crippen LogP contribution in [0.25, 0.3) is 0 Å². The van der Waals surface area contributed by atoms with Gasteiger partial charge in [-0.25, -0.2) is 0 Å². The number of benzene rings is 1. The smallest absolute Gasteiger partial charge is 0.384 e. The molecule has 0 aromatic heterocycles. The van der Waals surface area contributed by atoms with Gasteiger partial charge in [-0.3, -0.25) is 4.79 Å². The van der Waals surface area contributed by atoms with Gasteiger partial charge in [-0.2, -0.15) is 13.2 Å².